The summed E-state index contributed by atoms with van der Waals surface area (Å²) in [5.74, 6) is 0.175. The summed E-state index contributed by atoms with van der Waals surface area (Å²) in [5, 5.41) is 0. The van der Waals surface area contributed by atoms with E-state index in [4.69, 9.17) is 5.73 Å². The summed E-state index contributed by atoms with van der Waals surface area (Å²) in [6.45, 7) is 4.88. The number of likely N-dealkylation sites (tertiary alicyclic amines) is 1. The van der Waals surface area contributed by atoms with E-state index in [1.165, 1.54) is 0 Å². The summed E-state index contributed by atoms with van der Waals surface area (Å²) >= 11 is 0. The second-order valence-corrected chi connectivity index (χ2v) is 5.26. The maximum absolute atomic E-state index is 12.2. The highest BCUT2D eigenvalue weighted by atomic mass is 16.2. The Morgan fingerprint density at radius 1 is 1.41 bits per heavy atom. The van der Waals surface area contributed by atoms with Crippen molar-refractivity contribution in [3.63, 3.8) is 0 Å². The molecule has 0 spiro atoms. The first-order valence-corrected chi connectivity index (χ1v) is 6.12. The van der Waals surface area contributed by atoms with Crippen molar-refractivity contribution in [1.29, 1.82) is 0 Å². The monoisotopic (exact) mass is 232 g/mol. The Morgan fingerprint density at radius 2 is 2.06 bits per heavy atom. The minimum atomic E-state index is -0.216. The van der Waals surface area contributed by atoms with Crippen molar-refractivity contribution in [2.75, 3.05) is 6.54 Å². The number of benzene rings is 1. The normalized spacial score (nSPS) is 22.8. The Bertz CT molecular complexity index is 400. The van der Waals surface area contributed by atoms with Crippen LogP contribution in [0.1, 0.15) is 25.8 Å². The lowest BCUT2D eigenvalue weighted by atomic mass is 9.96. The molecule has 3 heteroatoms. The minimum absolute atomic E-state index is 0.0854. The predicted octanol–water partition coefficient (Wildman–Crippen LogP) is 1.57. The van der Waals surface area contributed by atoms with Crippen LogP contribution < -0.4 is 5.73 Å². The van der Waals surface area contributed by atoms with Crippen molar-refractivity contribution in [3.8, 4) is 0 Å². The van der Waals surface area contributed by atoms with Crippen molar-refractivity contribution in [1.82, 2.24) is 4.90 Å². The molecule has 1 atom stereocenters. The molecule has 2 N–H and O–H groups in total. The Morgan fingerprint density at radius 3 is 2.59 bits per heavy atom. The molecular weight excluding hydrogens is 212 g/mol. The lowest BCUT2D eigenvalue weighted by Crippen LogP contribution is -2.51. The number of nitrogens with zero attached hydrogens (tertiary/aromatic N) is 1. The van der Waals surface area contributed by atoms with Crippen LogP contribution in [0.15, 0.2) is 30.3 Å². The fourth-order valence-corrected chi connectivity index (χ4v) is 2.42. The van der Waals surface area contributed by atoms with Gasteiger partial charge in [0.25, 0.3) is 0 Å². The van der Waals surface area contributed by atoms with E-state index in [0.29, 0.717) is 6.42 Å². The molecule has 1 aromatic rings. The molecule has 0 radical (unpaired) electrons. The van der Waals surface area contributed by atoms with Gasteiger partial charge in [0.2, 0.25) is 5.91 Å². The Labute approximate surface area is 103 Å². The van der Waals surface area contributed by atoms with Gasteiger partial charge in [-0.2, -0.15) is 0 Å². The highest BCUT2D eigenvalue weighted by Gasteiger charge is 2.41. The first-order valence-electron chi connectivity index (χ1n) is 6.12. The van der Waals surface area contributed by atoms with E-state index in [9.17, 15) is 4.79 Å². The Balaban J connectivity index is 2.07. The van der Waals surface area contributed by atoms with E-state index in [1.807, 2.05) is 49.1 Å². The van der Waals surface area contributed by atoms with Crippen LogP contribution in [0.25, 0.3) is 0 Å². The van der Waals surface area contributed by atoms with Gasteiger partial charge in [0.15, 0.2) is 0 Å². The van der Waals surface area contributed by atoms with Gasteiger partial charge in [0, 0.05) is 12.6 Å². The highest BCUT2D eigenvalue weighted by molar-refractivity contribution is 5.80. The molecule has 0 aromatic heterocycles. The molecule has 0 aliphatic carbocycles. The predicted molar refractivity (Wildman–Crippen MR) is 68.5 cm³/mol. The smallest absolute Gasteiger partial charge is 0.227 e. The van der Waals surface area contributed by atoms with Crippen LogP contribution in [0, 0.1) is 0 Å². The maximum Gasteiger partial charge on any atom is 0.227 e. The van der Waals surface area contributed by atoms with Crippen LogP contribution in [0.3, 0.4) is 0 Å². The van der Waals surface area contributed by atoms with E-state index in [2.05, 4.69) is 0 Å². The average Bonchev–Trinajstić information content (AvgIpc) is 2.55. The number of carbonyl (C=O) groups is 1. The van der Waals surface area contributed by atoms with Gasteiger partial charge in [-0.3, -0.25) is 4.79 Å². The third-order valence-electron chi connectivity index (χ3n) is 3.77. The Kier molecular flexibility index (Phi) is 3.20. The molecule has 1 fully saturated rings. The molecule has 1 saturated heterocycles. The number of rotatable bonds is 2. The van der Waals surface area contributed by atoms with Gasteiger partial charge in [0.1, 0.15) is 0 Å². The fraction of sp³-hybridized carbons (Fsp3) is 0.500. The average molecular weight is 232 g/mol. The number of hydrogen-bond acceptors (Lipinski definition) is 2. The zero-order valence-corrected chi connectivity index (χ0v) is 10.5. The van der Waals surface area contributed by atoms with Gasteiger partial charge in [-0.25, -0.2) is 0 Å². The molecule has 1 aromatic carbocycles. The van der Waals surface area contributed by atoms with Crippen LogP contribution >= 0.6 is 0 Å². The molecule has 3 nitrogen and oxygen atoms in total. The standard InChI is InChI=1S/C14H20N2O/c1-14(2)12(15)8-9-16(14)13(17)10-11-6-4-3-5-7-11/h3-7,12H,8-10,15H2,1-2H3. The first-order chi connectivity index (χ1) is 8.01. The van der Waals surface area contributed by atoms with E-state index in [-0.39, 0.29) is 17.5 Å². The molecular formula is C14H20N2O. The molecule has 1 aliphatic rings. The van der Waals surface area contributed by atoms with Gasteiger partial charge in [-0.1, -0.05) is 30.3 Å². The van der Waals surface area contributed by atoms with Crippen LogP contribution in [0.5, 0.6) is 0 Å². The largest absolute Gasteiger partial charge is 0.336 e. The van der Waals surface area contributed by atoms with Gasteiger partial charge in [-0.05, 0) is 25.8 Å². The molecule has 0 saturated carbocycles. The SMILES string of the molecule is CC1(C)C(N)CCN1C(=O)Cc1ccccc1. The minimum Gasteiger partial charge on any atom is -0.336 e. The summed E-state index contributed by atoms with van der Waals surface area (Å²) in [5.41, 5.74) is 6.89. The molecule has 2 rings (SSSR count). The summed E-state index contributed by atoms with van der Waals surface area (Å²) in [4.78, 5) is 14.2. The van der Waals surface area contributed by atoms with Crippen molar-refractivity contribution in [2.24, 2.45) is 5.73 Å². The number of carbonyl (C=O) groups excluding carboxylic acids is 1. The third-order valence-corrected chi connectivity index (χ3v) is 3.77. The van der Waals surface area contributed by atoms with E-state index in [1.54, 1.807) is 0 Å². The molecule has 1 heterocycles. The van der Waals surface area contributed by atoms with E-state index >= 15 is 0 Å². The topological polar surface area (TPSA) is 46.3 Å². The summed E-state index contributed by atoms with van der Waals surface area (Å²) in [6.07, 6.45) is 1.37. The number of nitrogens with two attached hydrogens (primary N) is 1. The van der Waals surface area contributed by atoms with Crippen molar-refractivity contribution >= 4 is 5.91 Å². The molecule has 92 valence electrons. The van der Waals surface area contributed by atoms with Gasteiger partial charge in [0.05, 0.1) is 12.0 Å². The van der Waals surface area contributed by atoms with Crippen LogP contribution in [-0.2, 0) is 11.2 Å². The Hall–Kier alpha value is -1.35. The maximum atomic E-state index is 12.2. The highest BCUT2D eigenvalue weighted by Crippen LogP contribution is 2.28. The molecule has 1 amide bonds. The summed E-state index contributed by atoms with van der Waals surface area (Å²) < 4.78 is 0. The molecule has 0 bridgehead atoms. The number of amides is 1. The van der Waals surface area contributed by atoms with Crippen molar-refractivity contribution in [2.45, 2.75) is 38.3 Å². The number of hydrogen-bond donors (Lipinski definition) is 1. The summed E-state index contributed by atoms with van der Waals surface area (Å²) in [7, 11) is 0. The van der Waals surface area contributed by atoms with Crippen molar-refractivity contribution < 1.29 is 4.79 Å². The van der Waals surface area contributed by atoms with Crippen molar-refractivity contribution in [3.05, 3.63) is 35.9 Å². The van der Waals surface area contributed by atoms with Gasteiger partial charge >= 0.3 is 0 Å². The second-order valence-electron chi connectivity index (χ2n) is 5.26. The van der Waals surface area contributed by atoms with E-state index in [0.717, 1.165) is 18.5 Å². The zero-order chi connectivity index (χ0) is 12.5. The lowest BCUT2D eigenvalue weighted by molar-refractivity contribution is -0.133. The molecule has 17 heavy (non-hydrogen) atoms. The van der Waals surface area contributed by atoms with Crippen LogP contribution in [-0.4, -0.2) is 28.9 Å². The molecule has 1 aliphatic heterocycles. The lowest BCUT2D eigenvalue weighted by Gasteiger charge is -2.34. The zero-order valence-electron chi connectivity index (χ0n) is 10.5. The van der Waals surface area contributed by atoms with Crippen LogP contribution in [0.4, 0.5) is 0 Å². The summed E-state index contributed by atoms with van der Waals surface area (Å²) in [6, 6.07) is 9.94. The quantitative estimate of drug-likeness (QED) is 0.841. The van der Waals surface area contributed by atoms with Gasteiger partial charge in [-0.15, -0.1) is 0 Å². The van der Waals surface area contributed by atoms with Gasteiger partial charge < -0.3 is 10.6 Å². The fourth-order valence-electron chi connectivity index (χ4n) is 2.42. The third kappa shape index (κ3) is 2.34. The first kappa shape index (κ1) is 12.1. The van der Waals surface area contributed by atoms with Crippen LogP contribution in [0.2, 0.25) is 0 Å². The second kappa shape index (κ2) is 4.49. The van der Waals surface area contributed by atoms with E-state index < -0.39 is 0 Å². The molecule has 1 unspecified atom stereocenters.